The van der Waals surface area contributed by atoms with E-state index < -0.39 is 27.7 Å². The second kappa shape index (κ2) is 10.8. The Balaban J connectivity index is 1.60. The smallest absolute Gasteiger partial charge is 0.337 e. The van der Waals surface area contributed by atoms with E-state index in [-0.39, 0.29) is 13.2 Å². The molecule has 0 aliphatic heterocycles. The number of benzene rings is 3. The molecule has 0 unspecified atom stereocenters. The molecule has 3 aromatic rings. The quantitative estimate of drug-likeness (QED) is 0.464. The molecule has 0 aromatic heterocycles. The van der Waals surface area contributed by atoms with Gasteiger partial charge in [0.1, 0.15) is 11.6 Å². The number of rotatable bonds is 9. The first kappa shape index (κ1) is 24.7. The first-order chi connectivity index (χ1) is 16.2. The van der Waals surface area contributed by atoms with Crippen LogP contribution in [0.15, 0.2) is 72.8 Å². The number of nitrogens with zero attached hydrogens (tertiary/aromatic N) is 1. The Labute approximate surface area is 197 Å². The van der Waals surface area contributed by atoms with E-state index in [1.54, 1.807) is 36.4 Å². The number of amides is 1. The SMILES string of the molecule is COC(=O)c1ccc(NC(=O)COc2ccc(N(Cc3ccc(F)cc3)S(C)(=O)=O)cc2)cc1. The molecule has 0 aliphatic rings. The topological polar surface area (TPSA) is 102 Å². The van der Waals surface area contributed by atoms with Crippen molar-refractivity contribution in [2.75, 3.05) is 29.6 Å². The number of carbonyl (C=O) groups excluding carboxylic acids is 2. The van der Waals surface area contributed by atoms with Crippen molar-refractivity contribution in [2.24, 2.45) is 0 Å². The molecule has 0 saturated heterocycles. The van der Waals surface area contributed by atoms with Gasteiger partial charge in [-0.3, -0.25) is 9.10 Å². The van der Waals surface area contributed by atoms with E-state index in [9.17, 15) is 22.4 Å². The summed E-state index contributed by atoms with van der Waals surface area (Å²) in [6, 6.07) is 18.0. The summed E-state index contributed by atoms with van der Waals surface area (Å²) >= 11 is 0. The minimum Gasteiger partial charge on any atom is -0.484 e. The van der Waals surface area contributed by atoms with Crippen molar-refractivity contribution in [3.63, 3.8) is 0 Å². The van der Waals surface area contributed by atoms with Crippen molar-refractivity contribution < 1.29 is 31.9 Å². The molecule has 1 amide bonds. The summed E-state index contributed by atoms with van der Waals surface area (Å²) in [5.41, 5.74) is 1.87. The lowest BCUT2D eigenvalue weighted by Crippen LogP contribution is -2.29. The van der Waals surface area contributed by atoms with Crippen LogP contribution in [0.25, 0.3) is 0 Å². The number of carbonyl (C=O) groups is 2. The van der Waals surface area contributed by atoms with Gasteiger partial charge in [0, 0.05) is 5.69 Å². The van der Waals surface area contributed by atoms with Gasteiger partial charge in [-0.1, -0.05) is 12.1 Å². The van der Waals surface area contributed by atoms with Crippen LogP contribution in [0.3, 0.4) is 0 Å². The lowest BCUT2D eigenvalue weighted by atomic mass is 10.2. The van der Waals surface area contributed by atoms with Crippen molar-refractivity contribution >= 4 is 33.3 Å². The number of anilines is 2. The Morgan fingerprint density at radius 1 is 0.941 bits per heavy atom. The van der Waals surface area contributed by atoms with Crippen LogP contribution in [0.2, 0.25) is 0 Å². The minimum absolute atomic E-state index is 0.0382. The molecular formula is C24H23FN2O6S. The molecule has 8 nitrogen and oxygen atoms in total. The summed E-state index contributed by atoms with van der Waals surface area (Å²) in [6.45, 7) is -0.236. The van der Waals surface area contributed by atoms with Gasteiger partial charge in [-0.05, 0) is 66.2 Å². The summed E-state index contributed by atoms with van der Waals surface area (Å²) in [6.07, 6.45) is 1.09. The molecule has 0 aliphatic carbocycles. The van der Waals surface area contributed by atoms with Gasteiger partial charge in [0.25, 0.3) is 5.91 Å². The Morgan fingerprint density at radius 2 is 1.56 bits per heavy atom. The first-order valence-electron chi connectivity index (χ1n) is 10.1. The second-order valence-electron chi connectivity index (χ2n) is 7.30. The van der Waals surface area contributed by atoms with Crippen LogP contribution in [0.5, 0.6) is 5.75 Å². The van der Waals surface area contributed by atoms with Crippen molar-refractivity contribution in [1.29, 1.82) is 0 Å². The van der Waals surface area contributed by atoms with Gasteiger partial charge >= 0.3 is 5.97 Å². The molecule has 178 valence electrons. The Kier molecular flexibility index (Phi) is 7.85. The zero-order valence-corrected chi connectivity index (χ0v) is 19.3. The highest BCUT2D eigenvalue weighted by Crippen LogP contribution is 2.24. The number of ether oxygens (including phenoxy) is 2. The molecule has 3 aromatic carbocycles. The van der Waals surface area contributed by atoms with Gasteiger partial charge in [-0.25, -0.2) is 17.6 Å². The largest absolute Gasteiger partial charge is 0.484 e. The van der Waals surface area contributed by atoms with Gasteiger partial charge in [-0.2, -0.15) is 0 Å². The number of hydrogen-bond donors (Lipinski definition) is 1. The van der Waals surface area contributed by atoms with Crippen molar-refractivity contribution in [3.8, 4) is 5.75 Å². The number of nitrogens with one attached hydrogen (secondary N) is 1. The summed E-state index contributed by atoms with van der Waals surface area (Å²) in [5.74, 6) is -0.922. The van der Waals surface area contributed by atoms with Crippen LogP contribution in [-0.2, 0) is 26.1 Å². The van der Waals surface area contributed by atoms with E-state index in [2.05, 4.69) is 10.1 Å². The number of methoxy groups -OCH3 is 1. The van der Waals surface area contributed by atoms with Gasteiger partial charge in [0.2, 0.25) is 10.0 Å². The molecule has 0 bridgehead atoms. The van der Waals surface area contributed by atoms with Gasteiger partial charge in [0.05, 0.1) is 31.2 Å². The third kappa shape index (κ3) is 6.79. The number of halogens is 1. The fraction of sp³-hybridized carbons (Fsp3) is 0.167. The lowest BCUT2D eigenvalue weighted by Gasteiger charge is -2.22. The van der Waals surface area contributed by atoms with Gasteiger partial charge in [0.15, 0.2) is 6.61 Å². The molecule has 3 rings (SSSR count). The van der Waals surface area contributed by atoms with Crippen LogP contribution < -0.4 is 14.4 Å². The van der Waals surface area contributed by atoms with Gasteiger partial charge in [-0.15, -0.1) is 0 Å². The van der Waals surface area contributed by atoms with Crippen LogP contribution in [0.4, 0.5) is 15.8 Å². The summed E-state index contributed by atoms with van der Waals surface area (Å²) in [7, 11) is -2.32. The molecule has 0 radical (unpaired) electrons. The Bertz CT molecular complexity index is 1240. The van der Waals surface area contributed by atoms with Crippen molar-refractivity contribution in [1.82, 2.24) is 0 Å². The number of sulfonamides is 1. The van der Waals surface area contributed by atoms with Crippen LogP contribution in [0.1, 0.15) is 15.9 Å². The maximum Gasteiger partial charge on any atom is 0.337 e. The third-order valence-corrected chi connectivity index (χ3v) is 5.86. The monoisotopic (exact) mass is 486 g/mol. The predicted molar refractivity (Wildman–Crippen MR) is 126 cm³/mol. The maximum atomic E-state index is 13.1. The van der Waals surface area contributed by atoms with E-state index >= 15 is 0 Å². The molecule has 0 heterocycles. The molecule has 10 heteroatoms. The maximum absolute atomic E-state index is 13.1. The minimum atomic E-state index is -3.60. The zero-order valence-electron chi connectivity index (χ0n) is 18.5. The number of esters is 1. The van der Waals surface area contributed by atoms with Crippen LogP contribution in [-0.4, -0.2) is 40.3 Å². The van der Waals surface area contributed by atoms with Crippen molar-refractivity contribution in [2.45, 2.75) is 6.54 Å². The summed E-state index contributed by atoms with van der Waals surface area (Å²) < 4.78 is 49.0. The van der Waals surface area contributed by atoms with Crippen LogP contribution >= 0.6 is 0 Å². The normalized spacial score (nSPS) is 10.9. The lowest BCUT2D eigenvalue weighted by molar-refractivity contribution is -0.118. The van der Waals surface area contributed by atoms with E-state index in [1.807, 2.05) is 0 Å². The molecule has 0 saturated carbocycles. The average molecular weight is 487 g/mol. The van der Waals surface area contributed by atoms with Crippen LogP contribution in [0, 0.1) is 5.82 Å². The first-order valence-corrected chi connectivity index (χ1v) is 11.9. The third-order valence-electron chi connectivity index (χ3n) is 4.72. The number of hydrogen-bond acceptors (Lipinski definition) is 6. The van der Waals surface area contributed by atoms with E-state index in [0.29, 0.717) is 28.3 Å². The van der Waals surface area contributed by atoms with E-state index in [1.165, 1.54) is 47.8 Å². The summed E-state index contributed by atoms with van der Waals surface area (Å²) in [5, 5.41) is 2.65. The fourth-order valence-corrected chi connectivity index (χ4v) is 3.91. The van der Waals surface area contributed by atoms with Crippen molar-refractivity contribution in [3.05, 3.63) is 89.7 Å². The molecule has 0 atom stereocenters. The zero-order chi connectivity index (χ0) is 24.7. The Hall–Kier alpha value is -3.92. The highest BCUT2D eigenvalue weighted by atomic mass is 32.2. The highest BCUT2D eigenvalue weighted by molar-refractivity contribution is 7.92. The molecule has 34 heavy (non-hydrogen) atoms. The molecule has 0 spiro atoms. The molecular weight excluding hydrogens is 463 g/mol. The van der Waals surface area contributed by atoms with E-state index in [0.717, 1.165) is 6.26 Å². The average Bonchev–Trinajstić information content (AvgIpc) is 2.82. The standard InChI is InChI=1S/C24H23FN2O6S/c1-32-24(29)18-5-9-20(10-6-18)26-23(28)16-33-22-13-11-21(12-14-22)27(34(2,30)31)15-17-3-7-19(25)8-4-17/h3-14H,15-16H2,1-2H3,(H,26,28). The Morgan fingerprint density at radius 3 is 2.12 bits per heavy atom. The molecule has 0 fully saturated rings. The van der Waals surface area contributed by atoms with Gasteiger partial charge < -0.3 is 14.8 Å². The predicted octanol–water partition coefficient (Wildman–Crippen LogP) is 3.60. The molecule has 1 N–H and O–H groups in total. The second-order valence-corrected chi connectivity index (χ2v) is 9.20. The summed E-state index contributed by atoms with van der Waals surface area (Å²) in [4.78, 5) is 23.6. The fourth-order valence-electron chi connectivity index (χ4n) is 3.02. The highest BCUT2D eigenvalue weighted by Gasteiger charge is 2.18. The van der Waals surface area contributed by atoms with E-state index in [4.69, 9.17) is 4.74 Å².